The van der Waals surface area contributed by atoms with Crippen LogP contribution < -0.4 is 5.32 Å². The summed E-state index contributed by atoms with van der Waals surface area (Å²) in [5, 5.41) is 2.78. The number of ether oxygens (including phenoxy) is 1. The van der Waals surface area contributed by atoms with Crippen LogP contribution in [-0.4, -0.2) is 32.0 Å². The molecule has 4 heteroatoms. The second kappa shape index (κ2) is 5.71. The van der Waals surface area contributed by atoms with Crippen molar-refractivity contribution in [2.24, 2.45) is 0 Å². The van der Waals surface area contributed by atoms with E-state index in [1.807, 2.05) is 0 Å². The Hall–Kier alpha value is -0.900. The molecule has 4 nitrogen and oxygen atoms in total. The molecule has 70 valence electrons. The van der Waals surface area contributed by atoms with Gasteiger partial charge in [0, 0.05) is 6.42 Å². The molecule has 0 unspecified atom stereocenters. The maximum Gasteiger partial charge on any atom is 0.322 e. The highest BCUT2D eigenvalue weighted by Gasteiger charge is 2.16. The highest BCUT2D eigenvalue weighted by Crippen LogP contribution is 1.99. The van der Waals surface area contributed by atoms with Gasteiger partial charge in [0.05, 0.1) is 7.11 Å². The maximum absolute atomic E-state index is 11.0. The van der Waals surface area contributed by atoms with E-state index in [0.29, 0.717) is 12.8 Å². The molecule has 0 aromatic carbocycles. The minimum atomic E-state index is -0.362. The number of hydrogen-bond donors (Lipinski definition) is 1. The third kappa shape index (κ3) is 4.08. The molecule has 0 aliphatic heterocycles. The van der Waals surface area contributed by atoms with Gasteiger partial charge in [0.1, 0.15) is 11.8 Å². The highest BCUT2D eigenvalue weighted by atomic mass is 16.5. The molecule has 0 rings (SSSR count). The van der Waals surface area contributed by atoms with Crippen molar-refractivity contribution in [3.8, 4) is 0 Å². The summed E-state index contributed by atoms with van der Waals surface area (Å²) in [6.07, 6.45) is 0.902. The summed E-state index contributed by atoms with van der Waals surface area (Å²) < 4.78 is 4.52. The first-order chi connectivity index (χ1) is 5.61. The molecule has 12 heavy (non-hydrogen) atoms. The molecule has 0 aliphatic carbocycles. The van der Waals surface area contributed by atoms with Crippen molar-refractivity contribution in [2.45, 2.75) is 25.8 Å². The van der Waals surface area contributed by atoms with Crippen molar-refractivity contribution in [1.82, 2.24) is 5.32 Å². The third-order valence-electron chi connectivity index (χ3n) is 1.62. The van der Waals surface area contributed by atoms with Gasteiger partial charge in [0.25, 0.3) is 0 Å². The largest absolute Gasteiger partial charge is 0.468 e. The molecular weight excluding hydrogens is 158 g/mol. The van der Waals surface area contributed by atoms with Gasteiger partial charge in [-0.3, -0.25) is 4.79 Å². The SMILES string of the molecule is CN[C@@H](CCC(C)=O)C(=O)OC. The van der Waals surface area contributed by atoms with Gasteiger partial charge < -0.3 is 14.8 Å². The van der Waals surface area contributed by atoms with Gasteiger partial charge in [-0.15, -0.1) is 0 Å². The molecule has 0 amide bonds. The lowest BCUT2D eigenvalue weighted by Gasteiger charge is -2.11. The fourth-order valence-electron chi connectivity index (χ4n) is 0.870. The average Bonchev–Trinajstić information content (AvgIpc) is 2.04. The molecule has 0 fully saturated rings. The van der Waals surface area contributed by atoms with Crippen LogP contribution in [0.4, 0.5) is 0 Å². The Bertz CT molecular complexity index is 168. The number of likely N-dealkylation sites (N-methyl/N-ethyl adjacent to an activating group) is 1. The summed E-state index contributed by atoms with van der Waals surface area (Å²) in [5.74, 6) is -0.238. The Labute approximate surface area is 72.3 Å². The Morgan fingerprint density at radius 1 is 1.50 bits per heavy atom. The van der Waals surface area contributed by atoms with Crippen LogP contribution in [0.25, 0.3) is 0 Å². The lowest BCUT2D eigenvalue weighted by molar-refractivity contribution is -0.143. The summed E-state index contributed by atoms with van der Waals surface area (Å²) in [4.78, 5) is 21.6. The molecule has 0 bridgehead atoms. The van der Waals surface area contributed by atoms with E-state index in [2.05, 4.69) is 10.1 Å². The fraction of sp³-hybridized carbons (Fsp3) is 0.750. The van der Waals surface area contributed by atoms with Crippen molar-refractivity contribution in [3.05, 3.63) is 0 Å². The Morgan fingerprint density at radius 3 is 2.42 bits per heavy atom. The number of methoxy groups -OCH3 is 1. The smallest absolute Gasteiger partial charge is 0.322 e. The molecule has 0 heterocycles. The number of rotatable bonds is 5. The van der Waals surface area contributed by atoms with Gasteiger partial charge in [-0.1, -0.05) is 0 Å². The lowest BCUT2D eigenvalue weighted by atomic mass is 10.1. The number of ketones is 1. The molecule has 0 saturated carbocycles. The van der Waals surface area contributed by atoms with Crippen molar-refractivity contribution in [2.75, 3.05) is 14.2 Å². The van der Waals surface area contributed by atoms with Crippen molar-refractivity contribution in [3.63, 3.8) is 0 Å². The summed E-state index contributed by atoms with van der Waals surface area (Å²) in [7, 11) is 3.00. The normalized spacial score (nSPS) is 12.2. The standard InChI is InChI=1S/C8H15NO3/c1-6(10)4-5-7(9-2)8(11)12-3/h7,9H,4-5H2,1-3H3/t7-/m0/s1. The molecule has 0 saturated heterocycles. The number of Topliss-reactive ketones (excluding diaryl/α,β-unsaturated/α-hetero) is 1. The zero-order chi connectivity index (χ0) is 9.56. The molecule has 0 aliphatic rings. The minimum absolute atomic E-state index is 0.0825. The third-order valence-corrected chi connectivity index (χ3v) is 1.62. The topological polar surface area (TPSA) is 55.4 Å². The van der Waals surface area contributed by atoms with Crippen molar-refractivity contribution >= 4 is 11.8 Å². The average molecular weight is 173 g/mol. The van der Waals surface area contributed by atoms with Crippen molar-refractivity contribution < 1.29 is 14.3 Å². The molecule has 1 N–H and O–H groups in total. The van der Waals surface area contributed by atoms with Crippen LogP contribution >= 0.6 is 0 Å². The quantitative estimate of drug-likeness (QED) is 0.600. The van der Waals surface area contributed by atoms with E-state index in [4.69, 9.17) is 0 Å². The monoisotopic (exact) mass is 173 g/mol. The molecule has 1 atom stereocenters. The minimum Gasteiger partial charge on any atom is -0.468 e. The van der Waals surface area contributed by atoms with E-state index >= 15 is 0 Å². The second-order valence-corrected chi connectivity index (χ2v) is 2.61. The first-order valence-electron chi connectivity index (χ1n) is 3.86. The molecule has 0 aromatic heterocycles. The number of esters is 1. The van der Waals surface area contributed by atoms with E-state index in [-0.39, 0.29) is 17.8 Å². The summed E-state index contributed by atoms with van der Waals surface area (Å²) >= 11 is 0. The molecule has 0 radical (unpaired) electrons. The number of nitrogens with one attached hydrogen (secondary N) is 1. The van der Waals surface area contributed by atoms with E-state index in [0.717, 1.165) is 0 Å². The van der Waals surface area contributed by atoms with E-state index in [1.165, 1.54) is 14.0 Å². The Kier molecular flexibility index (Phi) is 5.28. The predicted molar refractivity (Wildman–Crippen MR) is 44.8 cm³/mol. The van der Waals surface area contributed by atoms with E-state index in [9.17, 15) is 9.59 Å². The molecule has 0 spiro atoms. The second-order valence-electron chi connectivity index (χ2n) is 2.61. The van der Waals surface area contributed by atoms with E-state index < -0.39 is 0 Å². The van der Waals surface area contributed by atoms with Crippen molar-refractivity contribution in [1.29, 1.82) is 0 Å². The van der Waals surface area contributed by atoms with Gasteiger partial charge in [0.2, 0.25) is 0 Å². The first kappa shape index (κ1) is 11.1. The molecule has 0 aromatic rings. The Morgan fingerprint density at radius 2 is 2.08 bits per heavy atom. The Balaban J connectivity index is 3.83. The van der Waals surface area contributed by atoms with Gasteiger partial charge in [-0.05, 0) is 20.4 Å². The summed E-state index contributed by atoms with van der Waals surface area (Å²) in [6.45, 7) is 1.50. The predicted octanol–water partition coefficient (Wildman–Crippen LogP) is 0.117. The van der Waals surface area contributed by atoms with Gasteiger partial charge in [-0.25, -0.2) is 0 Å². The lowest BCUT2D eigenvalue weighted by Crippen LogP contribution is -2.35. The van der Waals surface area contributed by atoms with E-state index in [1.54, 1.807) is 7.05 Å². The summed E-state index contributed by atoms with van der Waals surface area (Å²) in [6, 6.07) is -0.362. The highest BCUT2D eigenvalue weighted by molar-refractivity contribution is 5.79. The first-order valence-corrected chi connectivity index (χ1v) is 3.86. The van der Waals surface area contributed by atoms with Crippen LogP contribution in [0.2, 0.25) is 0 Å². The number of carbonyl (C=O) groups is 2. The fourth-order valence-corrected chi connectivity index (χ4v) is 0.870. The van der Waals surface area contributed by atoms with Crippen LogP contribution in [0.3, 0.4) is 0 Å². The van der Waals surface area contributed by atoms with Crippen LogP contribution in [0.5, 0.6) is 0 Å². The molecular formula is C8H15NO3. The summed E-state index contributed by atoms with van der Waals surface area (Å²) in [5.41, 5.74) is 0. The van der Waals surface area contributed by atoms with Crippen LogP contribution in [0, 0.1) is 0 Å². The van der Waals surface area contributed by atoms with Crippen LogP contribution in [0.15, 0.2) is 0 Å². The number of hydrogen-bond acceptors (Lipinski definition) is 4. The van der Waals surface area contributed by atoms with Gasteiger partial charge in [-0.2, -0.15) is 0 Å². The van der Waals surface area contributed by atoms with Gasteiger partial charge in [0.15, 0.2) is 0 Å². The zero-order valence-corrected chi connectivity index (χ0v) is 7.72. The zero-order valence-electron chi connectivity index (χ0n) is 7.72. The maximum atomic E-state index is 11.0. The van der Waals surface area contributed by atoms with Crippen LogP contribution in [0.1, 0.15) is 19.8 Å². The number of carbonyl (C=O) groups excluding carboxylic acids is 2. The van der Waals surface area contributed by atoms with Gasteiger partial charge >= 0.3 is 5.97 Å². The van der Waals surface area contributed by atoms with Crippen LogP contribution in [-0.2, 0) is 14.3 Å².